The molecule has 186 valence electrons. The lowest BCUT2D eigenvalue weighted by atomic mass is 10.0. The number of pyridine rings is 1. The molecule has 8 heteroatoms. The second kappa shape index (κ2) is 9.89. The van der Waals surface area contributed by atoms with Gasteiger partial charge in [0.2, 0.25) is 5.95 Å². The first kappa shape index (κ1) is 23.0. The molecule has 3 aromatic heterocycles. The minimum Gasteiger partial charge on any atom is -0.497 e. The molecular formula is C29H27FN6O. The van der Waals surface area contributed by atoms with Crippen molar-refractivity contribution in [1.29, 1.82) is 0 Å². The lowest BCUT2D eigenvalue weighted by Crippen LogP contribution is -2.16. The van der Waals surface area contributed by atoms with Crippen LogP contribution in [0.15, 0.2) is 79.0 Å². The Bertz CT molecular complexity index is 1530. The van der Waals surface area contributed by atoms with Crippen molar-refractivity contribution in [1.82, 2.24) is 19.6 Å². The van der Waals surface area contributed by atoms with Gasteiger partial charge < -0.3 is 15.4 Å². The molecule has 0 amide bonds. The van der Waals surface area contributed by atoms with Gasteiger partial charge in [0, 0.05) is 23.5 Å². The number of nitrogens with zero attached hydrogens (tertiary/aromatic N) is 4. The van der Waals surface area contributed by atoms with Crippen LogP contribution in [0.25, 0.3) is 28.0 Å². The Morgan fingerprint density at radius 2 is 1.73 bits per heavy atom. The number of hydrogen-bond donors (Lipinski definition) is 2. The Morgan fingerprint density at radius 3 is 2.49 bits per heavy atom. The molecule has 0 saturated heterocycles. The van der Waals surface area contributed by atoms with Crippen LogP contribution in [-0.2, 0) is 0 Å². The topological polar surface area (TPSA) is 76.4 Å². The largest absolute Gasteiger partial charge is 0.497 e. The van der Waals surface area contributed by atoms with Crippen LogP contribution >= 0.6 is 0 Å². The first-order valence-corrected chi connectivity index (χ1v) is 12.5. The maximum Gasteiger partial charge on any atom is 0.227 e. The molecule has 0 bridgehead atoms. The normalized spacial score (nSPS) is 13.7. The second-order valence-electron chi connectivity index (χ2n) is 9.18. The highest BCUT2D eigenvalue weighted by molar-refractivity contribution is 5.91. The minimum atomic E-state index is -0.286. The van der Waals surface area contributed by atoms with Crippen molar-refractivity contribution in [3.8, 4) is 28.3 Å². The Balaban J connectivity index is 1.45. The summed E-state index contributed by atoms with van der Waals surface area (Å²) in [5, 5.41) is 11.9. The molecule has 5 aromatic rings. The number of nitrogens with one attached hydrogen (secondary N) is 2. The van der Waals surface area contributed by atoms with Crippen molar-refractivity contribution in [2.24, 2.45) is 0 Å². The number of hydrogen-bond acceptors (Lipinski definition) is 6. The van der Waals surface area contributed by atoms with Gasteiger partial charge in [-0.05, 0) is 79.6 Å². The molecule has 37 heavy (non-hydrogen) atoms. The third-order valence-corrected chi connectivity index (χ3v) is 6.74. The van der Waals surface area contributed by atoms with Gasteiger partial charge in [0.15, 0.2) is 0 Å². The zero-order valence-electron chi connectivity index (χ0n) is 20.5. The summed E-state index contributed by atoms with van der Waals surface area (Å²) in [6.07, 6.45) is 6.52. The van der Waals surface area contributed by atoms with Crippen LogP contribution in [0.2, 0.25) is 0 Å². The van der Waals surface area contributed by atoms with Gasteiger partial charge in [-0.25, -0.2) is 18.9 Å². The fourth-order valence-electron chi connectivity index (χ4n) is 4.88. The van der Waals surface area contributed by atoms with E-state index in [1.54, 1.807) is 25.4 Å². The number of halogens is 1. The molecule has 7 nitrogen and oxygen atoms in total. The lowest BCUT2D eigenvalue weighted by molar-refractivity contribution is 0.415. The Kier molecular flexibility index (Phi) is 6.14. The molecule has 1 aliphatic rings. The van der Waals surface area contributed by atoms with Crippen LogP contribution in [0.4, 0.5) is 21.8 Å². The summed E-state index contributed by atoms with van der Waals surface area (Å²) in [7, 11) is 1.64. The van der Waals surface area contributed by atoms with Crippen molar-refractivity contribution < 1.29 is 9.13 Å². The van der Waals surface area contributed by atoms with E-state index in [4.69, 9.17) is 14.8 Å². The van der Waals surface area contributed by atoms with E-state index >= 15 is 0 Å². The van der Waals surface area contributed by atoms with Crippen molar-refractivity contribution in [2.45, 2.75) is 31.7 Å². The van der Waals surface area contributed by atoms with Crippen LogP contribution in [0, 0.1) is 5.82 Å². The van der Waals surface area contributed by atoms with Crippen LogP contribution in [0.5, 0.6) is 5.75 Å². The third-order valence-electron chi connectivity index (χ3n) is 6.74. The second-order valence-corrected chi connectivity index (χ2v) is 9.18. The Morgan fingerprint density at radius 1 is 0.946 bits per heavy atom. The average Bonchev–Trinajstić information content (AvgIpc) is 3.58. The summed E-state index contributed by atoms with van der Waals surface area (Å²) in [6, 6.07) is 22.4. The molecule has 6 rings (SSSR count). The number of anilines is 3. The molecule has 1 fully saturated rings. The van der Waals surface area contributed by atoms with Crippen molar-refractivity contribution in [3.05, 3.63) is 84.8 Å². The molecule has 0 unspecified atom stereocenters. The number of rotatable bonds is 7. The number of fused-ring (bicyclic) bond motifs is 1. The maximum atomic E-state index is 13.8. The standard InChI is InChI=1S/C29H27FN6O/c1-37-23-15-13-22(14-16-23)33-29-31-18-17-24(34-29)27-25-7-4-8-26(32-21-5-2-3-6-21)36(25)35-28(27)19-9-11-20(30)12-10-19/h4,7-18,21,32H,2-3,5-6H2,1H3,(H,31,33,34). The van der Waals surface area contributed by atoms with Crippen LogP contribution in [0.3, 0.4) is 0 Å². The van der Waals surface area contributed by atoms with Crippen molar-refractivity contribution in [3.63, 3.8) is 0 Å². The van der Waals surface area contributed by atoms with E-state index < -0.39 is 0 Å². The summed E-state index contributed by atoms with van der Waals surface area (Å²) in [6.45, 7) is 0. The van der Waals surface area contributed by atoms with Crippen LogP contribution in [-0.4, -0.2) is 32.7 Å². The van der Waals surface area contributed by atoms with E-state index in [0.717, 1.165) is 58.1 Å². The van der Waals surface area contributed by atoms with Crippen molar-refractivity contribution >= 4 is 23.0 Å². The van der Waals surface area contributed by atoms with E-state index in [1.807, 2.05) is 53.0 Å². The van der Waals surface area contributed by atoms with Gasteiger partial charge in [-0.3, -0.25) is 0 Å². The minimum absolute atomic E-state index is 0.286. The highest BCUT2D eigenvalue weighted by Crippen LogP contribution is 2.36. The van der Waals surface area contributed by atoms with Gasteiger partial charge in [0.05, 0.1) is 23.9 Å². The molecule has 0 atom stereocenters. The van der Waals surface area contributed by atoms with E-state index in [-0.39, 0.29) is 5.82 Å². The van der Waals surface area contributed by atoms with E-state index in [1.165, 1.54) is 25.0 Å². The lowest BCUT2D eigenvalue weighted by Gasteiger charge is -2.14. The van der Waals surface area contributed by atoms with Crippen molar-refractivity contribution in [2.75, 3.05) is 17.7 Å². The Labute approximate surface area is 214 Å². The molecule has 1 saturated carbocycles. The molecule has 0 radical (unpaired) electrons. The zero-order chi connectivity index (χ0) is 25.2. The quantitative estimate of drug-likeness (QED) is 0.262. The van der Waals surface area contributed by atoms with Gasteiger partial charge in [0.1, 0.15) is 23.1 Å². The number of methoxy groups -OCH3 is 1. The molecular weight excluding hydrogens is 467 g/mol. The summed E-state index contributed by atoms with van der Waals surface area (Å²) >= 11 is 0. The first-order valence-electron chi connectivity index (χ1n) is 12.5. The number of benzene rings is 2. The molecule has 2 aromatic carbocycles. The summed E-state index contributed by atoms with van der Waals surface area (Å²) < 4.78 is 20.9. The maximum absolute atomic E-state index is 13.8. The molecule has 0 aliphatic heterocycles. The molecule has 1 aliphatic carbocycles. The van der Waals surface area contributed by atoms with Gasteiger partial charge in [-0.2, -0.15) is 5.10 Å². The van der Waals surface area contributed by atoms with Crippen LogP contribution < -0.4 is 15.4 Å². The van der Waals surface area contributed by atoms with E-state index in [9.17, 15) is 4.39 Å². The number of ether oxygens (including phenoxy) is 1. The van der Waals surface area contributed by atoms with Crippen LogP contribution in [0.1, 0.15) is 25.7 Å². The molecule has 3 heterocycles. The fraction of sp³-hybridized carbons (Fsp3) is 0.207. The first-order chi connectivity index (χ1) is 18.2. The highest BCUT2D eigenvalue weighted by atomic mass is 19.1. The van der Waals surface area contributed by atoms with E-state index in [0.29, 0.717) is 12.0 Å². The number of aromatic nitrogens is 4. The van der Waals surface area contributed by atoms with Gasteiger partial charge in [-0.1, -0.05) is 18.9 Å². The van der Waals surface area contributed by atoms with Gasteiger partial charge in [0.25, 0.3) is 0 Å². The molecule has 0 spiro atoms. The smallest absolute Gasteiger partial charge is 0.227 e. The third kappa shape index (κ3) is 4.70. The molecule has 2 N–H and O–H groups in total. The zero-order valence-corrected chi connectivity index (χ0v) is 20.5. The fourth-order valence-corrected chi connectivity index (χ4v) is 4.88. The monoisotopic (exact) mass is 494 g/mol. The average molecular weight is 495 g/mol. The predicted molar refractivity (Wildman–Crippen MR) is 144 cm³/mol. The Hall–Kier alpha value is -4.46. The SMILES string of the molecule is COc1ccc(Nc2nccc(-c3c(-c4ccc(F)cc4)nn4c(NC5CCCC5)cccc34)n2)cc1. The predicted octanol–water partition coefficient (Wildman–Crippen LogP) is 6.70. The highest BCUT2D eigenvalue weighted by Gasteiger charge is 2.21. The van der Waals surface area contributed by atoms with Gasteiger partial charge in [-0.15, -0.1) is 0 Å². The summed E-state index contributed by atoms with van der Waals surface area (Å²) in [5.41, 5.74) is 4.89. The van der Waals surface area contributed by atoms with Gasteiger partial charge >= 0.3 is 0 Å². The van der Waals surface area contributed by atoms with E-state index in [2.05, 4.69) is 15.6 Å². The summed E-state index contributed by atoms with van der Waals surface area (Å²) in [5.74, 6) is 1.89. The summed E-state index contributed by atoms with van der Waals surface area (Å²) in [4.78, 5) is 9.26.